The maximum atomic E-state index is 11.6. The number of anilines is 1. The molecule has 92 valence electrons. The molecular formula is C11H14ClN3O2. The lowest BCUT2D eigenvalue weighted by Gasteiger charge is -2.16. The highest BCUT2D eigenvalue weighted by molar-refractivity contribution is 6.29. The second kappa shape index (κ2) is 5.31. The number of ether oxygens (including phenoxy) is 1. The summed E-state index contributed by atoms with van der Waals surface area (Å²) in [5.41, 5.74) is 0. The number of esters is 1. The topological polar surface area (TPSA) is 55.3 Å². The monoisotopic (exact) mass is 255 g/mol. The molecule has 1 aromatic rings. The fourth-order valence-corrected chi connectivity index (χ4v) is 2.06. The number of carbonyl (C=O) groups is 1. The van der Waals surface area contributed by atoms with Crippen molar-refractivity contribution < 1.29 is 9.53 Å². The van der Waals surface area contributed by atoms with Crippen LogP contribution in [0.3, 0.4) is 0 Å². The molecular weight excluding hydrogens is 242 g/mol. The molecule has 1 unspecified atom stereocenters. The van der Waals surface area contributed by atoms with Gasteiger partial charge in [-0.15, -0.1) is 0 Å². The molecule has 2 heterocycles. The Bertz CT molecular complexity index is 413. The number of hydrogen-bond donors (Lipinski definition) is 0. The van der Waals surface area contributed by atoms with Crippen molar-refractivity contribution in [2.75, 3.05) is 24.6 Å². The van der Waals surface area contributed by atoms with Crippen LogP contribution in [0.1, 0.15) is 13.3 Å². The van der Waals surface area contributed by atoms with Gasteiger partial charge >= 0.3 is 5.97 Å². The number of aromatic nitrogens is 2. The third kappa shape index (κ3) is 2.85. The molecule has 5 nitrogen and oxygen atoms in total. The smallest absolute Gasteiger partial charge is 0.310 e. The molecule has 1 fully saturated rings. The van der Waals surface area contributed by atoms with Crippen LogP contribution in [0.25, 0.3) is 0 Å². The minimum atomic E-state index is -0.129. The van der Waals surface area contributed by atoms with E-state index in [1.54, 1.807) is 6.07 Å². The summed E-state index contributed by atoms with van der Waals surface area (Å²) < 4.78 is 5.01. The molecule has 2 rings (SSSR count). The molecule has 6 heteroatoms. The fourth-order valence-electron chi connectivity index (χ4n) is 1.92. The van der Waals surface area contributed by atoms with Crippen LogP contribution in [0.2, 0.25) is 5.15 Å². The standard InChI is InChI=1S/C11H14ClN3O2/c1-2-17-11(16)8-3-4-15(6-8)10-5-9(12)13-7-14-10/h5,7-8H,2-4,6H2,1H3. The van der Waals surface area contributed by atoms with Crippen molar-refractivity contribution in [3.05, 3.63) is 17.5 Å². The van der Waals surface area contributed by atoms with Crippen LogP contribution in [0.15, 0.2) is 12.4 Å². The highest BCUT2D eigenvalue weighted by Crippen LogP contribution is 2.23. The molecule has 1 aliphatic rings. The van der Waals surface area contributed by atoms with Gasteiger partial charge in [-0.3, -0.25) is 4.79 Å². The Balaban J connectivity index is 2.00. The van der Waals surface area contributed by atoms with Crippen LogP contribution >= 0.6 is 11.6 Å². The number of nitrogens with zero attached hydrogens (tertiary/aromatic N) is 3. The number of hydrogen-bond acceptors (Lipinski definition) is 5. The summed E-state index contributed by atoms with van der Waals surface area (Å²) in [5.74, 6) is 0.565. The highest BCUT2D eigenvalue weighted by Gasteiger charge is 2.30. The summed E-state index contributed by atoms with van der Waals surface area (Å²) >= 11 is 5.80. The SMILES string of the molecule is CCOC(=O)C1CCN(c2cc(Cl)ncn2)C1. The molecule has 1 atom stereocenters. The van der Waals surface area contributed by atoms with Gasteiger partial charge in [-0.2, -0.15) is 0 Å². The quantitative estimate of drug-likeness (QED) is 0.605. The molecule has 0 aliphatic carbocycles. The molecule has 0 N–H and O–H groups in total. The maximum Gasteiger partial charge on any atom is 0.310 e. The average Bonchev–Trinajstić information content (AvgIpc) is 2.78. The van der Waals surface area contributed by atoms with Gasteiger partial charge in [0.1, 0.15) is 17.3 Å². The zero-order valence-electron chi connectivity index (χ0n) is 9.60. The summed E-state index contributed by atoms with van der Waals surface area (Å²) in [6, 6.07) is 1.70. The van der Waals surface area contributed by atoms with E-state index in [0.29, 0.717) is 18.3 Å². The number of carbonyl (C=O) groups excluding carboxylic acids is 1. The molecule has 0 radical (unpaired) electrons. The van der Waals surface area contributed by atoms with E-state index in [4.69, 9.17) is 16.3 Å². The summed E-state index contributed by atoms with van der Waals surface area (Å²) in [5, 5.41) is 0.412. The van der Waals surface area contributed by atoms with E-state index in [1.807, 2.05) is 11.8 Å². The van der Waals surface area contributed by atoms with Crippen LogP contribution in [-0.4, -0.2) is 35.6 Å². The second-order valence-corrected chi connectivity index (χ2v) is 4.27. The van der Waals surface area contributed by atoms with E-state index < -0.39 is 0 Å². The van der Waals surface area contributed by atoms with Crippen LogP contribution in [-0.2, 0) is 9.53 Å². The highest BCUT2D eigenvalue weighted by atomic mass is 35.5. The molecule has 0 spiro atoms. The summed E-state index contributed by atoms with van der Waals surface area (Å²) in [4.78, 5) is 21.6. The van der Waals surface area contributed by atoms with E-state index in [2.05, 4.69) is 9.97 Å². The molecule has 0 bridgehead atoms. The lowest BCUT2D eigenvalue weighted by atomic mass is 10.1. The Morgan fingerprint density at radius 1 is 1.65 bits per heavy atom. The van der Waals surface area contributed by atoms with Crippen LogP contribution in [0.4, 0.5) is 5.82 Å². The van der Waals surface area contributed by atoms with Crippen molar-refractivity contribution in [1.29, 1.82) is 0 Å². The predicted octanol–water partition coefficient (Wildman–Crippen LogP) is 1.52. The fraction of sp³-hybridized carbons (Fsp3) is 0.545. The Hall–Kier alpha value is -1.36. The Kier molecular flexibility index (Phi) is 3.78. The largest absolute Gasteiger partial charge is 0.466 e. The van der Waals surface area contributed by atoms with E-state index in [1.165, 1.54) is 6.33 Å². The van der Waals surface area contributed by atoms with Gasteiger partial charge in [0.15, 0.2) is 0 Å². The van der Waals surface area contributed by atoms with Crippen molar-refractivity contribution in [1.82, 2.24) is 9.97 Å². The molecule has 1 aromatic heterocycles. The molecule has 17 heavy (non-hydrogen) atoms. The number of rotatable bonds is 3. The first kappa shape index (κ1) is 12.1. The van der Waals surface area contributed by atoms with Gasteiger partial charge in [0.2, 0.25) is 0 Å². The molecule has 0 saturated carbocycles. The first-order chi connectivity index (χ1) is 8.20. The van der Waals surface area contributed by atoms with Crippen LogP contribution in [0, 0.1) is 5.92 Å². The molecule has 1 saturated heterocycles. The van der Waals surface area contributed by atoms with Gasteiger partial charge in [-0.05, 0) is 13.3 Å². The van der Waals surface area contributed by atoms with Crippen molar-refractivity contribution in [2.45, 2.75) is 13.3 Å². The maximum absolute atomic E-state index is 11.6. The van der Waals surface area contributed by atoms with Gasteiger partial charge in [-0.1, -0.05) is 11.6 Å². The second-order valence-electron chi connectivity index (χ2n) is 3.88. The van der Waals surface area contributed by atoms with Crippen molar-refractivity contribution in [3.63, 3.8) is 0 Å². The summed E-state index contributed by atoms with van der Waals surface area (Å²) in [6.45, 7) is 3.66. The van der Waals surface area contributed by atoms with Gasteiger partial charge in [0.25, 0.3) is 0 Å². The summed E-state index contributed by atoms with van der Waals surface area (Å²) in [7, 11) is 0. The van der Waals surface area contributed by atoms with E-state index in [9.17, 15) is 4.79 Å². The molecule has 1 aliphatic heterocycles. The van der Waals surface area contributed by atoms with Crippen LogP contribution in [0.5, 0.6) is 0 Å². The Morgan fingerprint density at radius 3 is 3.18 bits per heavy atom. The van der Waals surface area contributed by atoms with Crippen molar-refractivity contribution in [2.24, 2.45) is 5.92 Å². The van der Waals surface area contributed by atoms with Gasteiger partial charge in [0.05, 0.1) is 12.5 Å². The van der Waals surface area contributed by atoms with Crippen molar-refractivity contribution >= 4 is 23.4 Å². The van der Waals surface area contributed by atoms with Crippen LogP contribution < -0.4 is 4.90 Å². The molecule has 0 amide bonds. The zero-order chi connectivity index (χ0) is 12.3. The predicted molar refractivity (Wildman–Crippen MR) is 64.0 cm³/mol. The average molecular weight is 256 g/mol. The van der Waals surface area contributed by atoms with E-state index in [0.717, 1.165) is 18.8 Å². The third-order valence-corrected chi connectivity index (χ3v) is 2.96. The van der Waals surface area contributed by atoms with E-state index >= 15 is 0 Å². The van der Waals surface area contributed by atoms with Gasteiger partial charge in [-0.25, -0.2) is 9.97 Å². The van der Waals surface area contributed by atoms with Gasteiger partial charge in [0, 0.05) is 19.2 Å². The summed E-state index contributed by atoms with van der Waals surface area (Å²) in [6.07, 6.45) is 2.22. The lowest BCUT2D eigenvalue weighted by molar-refractivity contribution is -0.147. The Labute approximate surface area is 105 Å². The van der Waals surface area contributed by atoms with E-state index in [-0.39, 0.29) is 11.9 Å². The van der Waals surface area contributed by atoms with Crippen molar-refractivity contribution in [3.8, 4) is 0 Å². The first-order valence-corrected chi connectivity index (χ1v) is 5.97. The third-order valence-electron chi connectivity index (χ3n) is 2.75. The minimum Gasteiger partial charge on any atom is -0.466 e. The lowest BCUT2D eigenvalue weighted by Crippen LogP contribution is -2.24. The minimum absolute atomic E-state index is 0.0660. The number of halogens is 1. The molecule has 0 aromatic carbocycles. The zero-order valence-corrected chi connectivity index (χ0v) is 10.4. The first-order valence-electron chi connectivity index (χ1n) is 5.60. The normalized spacial score (nSPS) is 19.4. The Morgan fingerprint density at radius 2 is 2.47 bits per heavy atom. The van der Waals surface area contributed by atoms with Gasteiger partial charge < -0.3 is 9.64 Å².